The summed E-state index contributed by atoms with van der Waals surface area (Å²) in [5.74, 6) is -0.359. The smallest absolute Gasteiger partial charge is 0.251 e. The Bertz CT molecular complexity index is 475. The van der Waals surface area contributed by atoms with Crippen LogP contribution in [0.15, 0.2) is 18.5 Å². The van der Waals surface area contributed by atoms with Crippen LogP contribution in [0.25, 0.3) is 0 Å². The van der Waals surface area contributed by atoms with Crippen LogP contribution in [0.3, 0.4) is 0 Å². The van der Waals surface area contributed by atoms with E-state index in [2.05, 4.69) is 15.6 Å². The van der Waals surface area contributed by atoms with Gasteiger partial charge in [-0.05, 0) is 13.0 Å². The zero-order valence-corrected chi connectivity index (χ0v) is 10.4. The summed E-state index contributed by atoms with van der Waals surface area (Å²) in [7, 11) is 1.50. The molecule has 0 aromatic carbocycles. The van der Waals surface area contributed by atoms with Crippen molar-refractivity contribution in [1.82, 2.24) is 9.88 Å². The number of anilines is 2. The molecule has 2 heterocycles. The van der Waals surface area contributed by atoms with E-state index in [0.717, 1.165) is 22.8 Å². The molecule has 1 aromatic heterocycles. The van der Waals surface area contributed by atoms with E-state index >= 15 is 0 Å². The second kappa shape index (κ2) is 5.03. The highest BCUT2D eigenvalue weighted by atomic mass is 16.2. The first-order valence-corrected chi connectivity index (χ1v) is 5.87. The van der Waals surface area contributed by atoms with Crippen LogP contribution in [0.5, 0.6) is 0 Å². The Morgan fingerprint density at radius 2 is 2.11 bits per heavy atom. The maximum absolute atomic E-state index is 11.7. The number of nitrogens with one attached hydrogen (secondary N) is 2. The second-order valence-corrected chi connectivity index (χ2v) is 4.18. The molecular formula is C12H16N4O2. The van der Waals surface area contributed by atoms with E-state index < -0.39 is 6.04 Å². The van der Waals surface area contributed by atoms with Gasteiger partial charge >= 0.3 is 0 Å². The number of carbonyl (C=O) groups is 2. The number of rotatable bonds is 4. The zero-order chi connectivity index (χ0) is 13.1. The van der Waals surface area contributed by atoms with Crippen molar-refractivity contribution in [3.8, 4) is 0 Å². The molecular weight excluding hydrogens is 232 g/mol. The number of hydrogen-bond acceptors (Lipinski definition) is 5. The molecule has 0 radical (unpaired) electrons. The Balaban J connectivity index is 2.08. The summed E-state index contributed by atoms with van der Waals surface area (Å²) in [4.78, 5) is 28.4. The molecule has 1 fully saturated rings. The van der Waals surface area contributed by atoms with E-state index in [0.29, 0.717) is 0 Å². The monoisotopic (exact) mass is 248 g/mol. The molecule has 96 valence electrons. The van der Waals surface area contributed by atoms with Crippen LogP contribution in [0.4, 0.5) is 11.4 Å². The maximum atomic E-state index is 11.7. The summed E-state index contributed by atoms with van der Waals surface area (Å²) >= 11 is 0. The van der Waals surface area contributed by atoms with Gasteiger partial charge in [0.05, 0.1) is 30.2 Å². The number of pyridine rings is 1. The van der Waals surface area contributed by atoms with Crippen LogP contribution in [0.1, 0.15) is 13.3 Å². The Morgan fingerprint density at radius 1 is 1.39 bits per heavy atom. The maximum Gasteiger partial charge on any atom is 0.251 e. The highest BCUT2D eigenvalue weighted by Crippen LogP contribution is 2.18. The number of carbonyl (C=O) groups excluding carboxylic acids is 2. The van der Waals surface area contributed by atoms with Crippen molar-refractivity contribution in [2.75, 3.05) is 24.2 Å². The highest BCUT2D eigenvalue weighted by molar-refractivity contribution is 6.06. The van der Waals surface area contributed by atoms with E-state index in [9.17, 15) is 9.59 Å². The van der Waals surface area contributed by atoms with E-state index in [4.69, 9.17) is 0 Å². The van der Waals surface area contributed by atoms with E-state index in [-0.39, 0.29) is 18.2 Å². The number of likely N-dealkylation sites (N-methyl/N-ethyl adjacent to an activating group) is 1. The molecule has 0 saturated carbocycles. The lowest BCUT2D eigenvalue weighted by Gasteiger charge is -2.13. The van der Waals surface area contributed by atoms with Gasteiger partial charge in [-0.15, -0.1) is 0 Å². The summed E-state index contributed by atoms with van der Waals surface area (Å²) in [5.41, 5.74) is 1.61. The fourth-order valence-corrected chi connectivity index (χ4v) is 1.89. The lowest BCUT2D eigenvalue weighted by Crippen LogP contribution is -2.31. The summed E-state index contributed by atoms with van der Waals surface area (Å²) in [6.07, 6.45) is 3.54. The molecule has 2 rings (SSSR count). The molecule has 0 bridgehead atoms. The van der Waals surface area contributed by atoms with Crippen LogP contribution in [-0.2, 0) is 9.59 Å². The molecule has 1 atom stereocenters. The Labute approximate surface area is 105 Å². The molecule has 18 heavy (non-hydrogen) atoms. The molecule has 2 amide bonds. The molecule has 6 heteroatoms. The number of amides is 2. The zero-order valence-electron chi connectivity index (χ0n) is 10.4. The minimum atomic E-state index is -0.485. The Morgan fingerprint density at radius 3 is 2.72 bits per heavy atom. The van der Waals surface area contributed by atoms with Crippen molar-refractivity contribution in [2.45, 2.75) is 19.4 Å². The van der Waals surface area contributed by atoms with Gasteiger partial charge in [0.2, 0.25) is 5.91 Å². The first kappa shape index (κ1) is 12.3. The fraction of sp³-hybridized carbons (Fsp3) is 0.417. The van der Waals surface area contributed by atoms with Crippen molar-refractivity contribution < 1.29 is 9.59 Å². The molecule has 1 saturated heterocycles. The number of hydrogen-bond donors (Lipinski definition) is 2. The van der Waals surface area contributed by atoms with E-state index in [1.165, 1.54) is 7.05 Å². The quantitative estimate of drug-likeness (QED) is 0.767. The minimum Gasteiger partial charge on any atom is -0.384 e. The molecule has 1 aromatic rings. The van der Waals surface area contributed by atoms with Crippen molar-refractivity contribution in [3.63, 3.8) is 0 Å². The van der Waals surface area contributed by atoms with Crippen LogP contribution in [0.2, 0.25) is 0 Å². The topological polar surface area (TPSA) is 74.3 Å². The van der Waals surface area contributed by atoms with Crippen molar-refractivity contribution in [1.29, 1.82) is 0 Å². The molecule has 1 aliphatic heterocycles. The second-order valence-electron chi connectivity index (χ2n) is 4.18. The molecule has 2 N–H and O–H groups in total. The van der Waals surface area contributed by atoms with Gasteiger partial charge in [0.1, 0.15) is 6.04 Å². The van der Waals surface area contributed by atoms with Gasteiger partial charge in [-0.2, -0.15) is 0 Å². The third-order valence-electron chi connectivity index (χ3n) is 2.84. The SMILES string of the molecule is CCNc1cncc(NC2CC(=O)N(C)C2=O)c1. The van der Waals surface area contributed by atoms with Gasteiger partial charge in [0, 0.05) is 13.6 Å². The number of nitrogens with zero attached hydrogens (tertiary/aromatic N) is 2. The lowest BCUT2D eigenvalue weighted by molar-refractivity contribution is -0.136. The summed E-state index contributed by atoms with van der Waals surface area (Å²) in [6, 6.07) is 1.38. The van der Waals surface area contributed by atoms with E-state index in [1.54, 1.807) is 12.4 Å². The number of aromatic nitrogens is 1. The first-order valence-electron chi connectivity index (χ1n) is 5.87. The molecule has 1 unspecified atom stereocenters. The van der Waals surface area contributed by atoms with Crippen molar-refractivity contribution >= 4 is 23.2 Å². The third kappa shape index (κ3) is 2.42. The van der Waals surface area contributed by atoms with Crippen molar-refractivity contribution in [3.05, 3.63) is 18.5 Å². The van der Waals surface area contributed by atoms with Crippen LogP contribution in [-0.4, -0.2) is 41.3 Å². The molecule has 6 nitrogen and oxygen atoms in total. The van der Waals surface area contributed by atoms with Gasteiger partial charge in [0.25, 0.3) is 5.91 Å². The molecule has 0 aliphatic carbocycles. The summed E-state index contributed by atoms with van der Waals surface area (Å²) in [6.45, 7) is 2.79. The largest absolute Gasteiger partial charge is 0.384 e. The van der Waals surface area contributed by atoms with Gasteiger partial charge in [0.15, 0.2) is 0 Å². The van der Waals surface area contributed by atoms with Gasteiger partial charge in [-0.1, -0.05) is 0 Å². The molecule has 0 spiro atoms. The predicted octanol–water partition coefficient (Wildman–Crippen LogP) is 0.683. The van der Waals surface area contributed by atoms with Crippen LogP contribution < -0.4 is 10.6 Å². The fourth-order valence-electron chi connectivity index (χ4n) is 1.89. The average Bonchev–Trinajstić information content (AvgIpc) is 2.58. The summed E-state index contributed by atoms with van der Waals surface area (Å²) < 4.78 is 0. The first-order chi connectivity index (χ1) is 8.61. The van der Waals surface area contributed by atoms with Gasteiger partial charge < -0.3 is 10.6 Å². The Kier molecular flexibility index (Phi) is 3.45. The summed E-state index contributed by atoms with van der Waals surface area (Å²) in [5, 5.41) is 6.17. The molecule has 1 aliphatic rings. The van der Waals surface area contributed by atoms with Crippen LogP contribution >= 0.6 is 0 Å². The highest BCUT2D eigenvalue weighted by Gasteiger charge is 2.35. The minimum absolute atomic E-state index is 0.159. The predicted molar refractivity (Wildman–Crippen MR) is 68.2 cm³/mol. The third-order valence-corrected chi connectivity index (χ3v) is 2.84. The van der Waals surface area contributed by atoms with E-state index in [1.807, 2.05) is 13.0 Å². The van der Waals surface area contributed by atoms with Gasteiger partial charge in [-0.3, -0.25) is 19.5 Å². The average molecular weight is 248 g/mol. The number of imide groups is 1. The Hall–Kier alpha value is -2.11. The van der Waals surface area contributed by atoms with Gasteiger partial charge in [-0.25, -0.2) is 0 Å². The normalized spacial score (nSPS) is 19.2. The van der Waals surface area contributed by atoms with Crippen molar-refractivity contribution in [2.24, 2.45) is 0 Å². The lowest BCUT2D eigenvalue weighted by atomic mass is 10.2. The number of likely N-dealkylation sites (tertiary alicyclic amines) is 1. The standard InChI is InChI=1S/C12H16N4O2/c1-3-14-8-4-9(7-13-6-8)15-10-5-11(17)16(2)12(10)18/h4,6-7,10,14-15H,3,5H2,1-2H3. The van der Waals surface area contributed by atoms with Crippen LogP contribution in [0, 0.1) is 0 Å².